The highest BCUT2D eigenvalue weighted by Crippen LogP contribution is 2.34. The van der Waals surface area contributed by atoms with Crippen LogP contribution < -0.4 is 0 Å². The summed E-state index contributed by atoms with van der Waals surface area (Å²) in [5.41, 5.74) is 0.958. The number of alkyl halides is 1. The summed E-state index contributed by atoms with van der Waals surface area (Å²) in [5, 5.41) is 0.703. The molecule has 1 aromatic carbocycles. The number of rotatable bonds is 2. The van der Waals surface area contributed by atoms with Crippen LogP contribution in [0.5, 0.6) is 0 Å². The van der Waals surface area contributed by atoms with Crippen molar-refractivity contribution in [1.29, 1.82) is 0 Å². The molecule has 1 fully saturated rings. The van der Waals surface area contributed by atoms with Crippen LogP contribution in [0.3, 0.4) is 0 Å². The van der Waals surface area contributed by atoms with E-state index in [1.54, 1.807) is 0 Å². The Labute approximate surface area is 99.1 Å². The van der Waals surface area contributed by atoms with Crippen LogP contribution >= 0.6 is 23.2 Å². The van der Waals surface area contributed by atoms with E-state index in [4.69, 9.17) is 32.7 Å². The molecule has 2 atom stereocenters. The molecule has 1 heterocycles. The zero-order chi connectivity index (χ0) is 10.9. The number of benzene rings is 1. The third kappa shape index (κ3) is 2.28. The standard InChI is InChI=1S/C11H12Cl2O2/c1-11(14-7-10(6-12)15-11)8-2-4-9(13)5-3-8/h2-5,10H,6-7H2,1H3/t10-,11+/m0/s1. The second-order valence-corrected chi connectivity index (χ2v) is 4.40. The van der Waals surface area contributed by atoms with Gasteiger partial charge in [-0.1, -0.05) is 23.7 Å². The maximum absolute atomic E-state index is 5.82. The molecule has 15 heavy (non-hydrogen) atoms. The number of hydrogen-bond acceptors (Lipinski definition) is 2. The highest BCUT2D eigenvalue weighted by molar-refractivity contribution is 6.30. The second kappa shape index (κ2) is 4.30. The summed E-state index contributed by atoms with van der Waals surface area (Å²) in [4.78, 5) is 0. The summed E-state index contributed by atoms with van der Waals surface area (Å²) in [6, 6.07) is 7.45. The Morgan fingerprint density at radius 3 is 2.60 bits per heavy atom. The highest BCUT2D eigenvalue weighted by atomic mass is 35.5. The van der Waals surface area contributed by atoms with Gasteiger partial charge in [0.15, 0.2) is 5.79 Å². The Balaban J connectivity index is 2.20. The molecule has 1 aromatic rings. The lowest BCUT2D eigenvalue weighted by Gasteiger charge is -2.23. The molecule has 0 bridgehead atoms. The second-order valence-electron chi connectivity index (χ2n) is 3.66. The Hall–Kier alpha value is -0.280. The maximum atomic E-state index is 5.82. The molecule has 1 aliphatic rings. The van der Waals surface area contributed by atoms with Crippen molar-refractivity contribution >= 4 is 23.2 Å². The fourth-order valence-corrected chi connectivity index (χ4v) is 1.90. The van der Waals surface area contributed by atoms with Gasteiger partial charge in [0, 0.05) is 10.6 Å². The summed E-state index contributed by atoms with van der Waals surface area (Å²) in [6.45, 7) is 2.42. The van der Waals surface area contributed by atoms with Crippen LogP contribution in [0, 0.1) is 0 Å². The molecule has 2 rings (SSSR count). The van der Waals surface area contributed by atoms with Gasteiger partial charge in [-0.15, -0.1) is 11.6 Å². The average Bonchev–Trinajstić information content (AvgIpc) is 2.62. The summed E-state index contributed by atoms with van der Waals surface area (Å²) in [5.74, 6) is -0.243. The molecule has 4 heteroatoms. The normalized spacial score (nSPS) is 30.7. The van der Waals surface area contributed by atoms with Crippen molar-refractivity contribution in [2.75, 3.05) is 12.5 Å². The first-order valence-electron chi connectivity index (χ1n) is 4.78. The van der Waals surface area contributed by atoms with E-state index in [1.807, 2.05) is 31.2 Å². The van der Waals surface area contributed by atoms with Crippen LogP contribution in [-0.2, 0) is 15.3 Å². The lowest BCUT2D eigenvalue weighted by Crippen LogP contribution is -2.24. The summed E-state index contributed by atoms with van der Waals surface area (Å²) in [7, 11) is 0. The first-order chi connectivity index (χ1) is 7.14. The summed E-state index contributed by atoms with van der Waals surface area (Å²) < 4.78 is 11.3. The molecule has 1 saturated heterocycles. The molecule has 2 nitrogen and oxygen atoms in total. The SMILES string of the molecule is C[C@@]1(c2ccc(Cl)cc2)OC[C@H](CCl)O1. The average molecular weight is 247 g/mol. The van der Waals surface area contributed by atoms with Gasteiger partial charge < -0.3 is 9.47 Å². The molecule has 0 aliphatic carbocycles. The minimum absolute atomic E-state index is 0.0349. The van der Waals surface area contributed by atoms with Gasteiger partial charge in [0.25, 0.3) is 0 Å². The lowest BCUT2D eigenvalue weighted by molar-refractivity contribution is -0.159. The van der Waals surface area contributed by atoms with E-state index in [0.29, 0.717) is 17.5 Å². The molecular weight excluding hydrogens is 235 g/mol. The molecule has 0 aromatic heterocycles. The number of hydrogen-bond donors (Lipinski definition) is 0. The van der Waals surface area contributed by atoms with Crippen LogP contribution in [0.1, 0.15) is 12.5 Å². The smallest absolute Gasteiger partial charge is 0.192 e. The van der Waals surface area contributed by atoms with Gasteiger partial charge in [-0.25, -0.2) is 0 Å². The third-order valence-corrected chi connectivity index (χ3v) is 3.07. The van der Waals surface area contributed by atoms with E-state index >= 15 is 0 Å². The number of ether oxygens (including phenoxy) is 2. The minimum atomic E-state index is -0.690. The monoisotopic (exact) mass is 246 g/mol. The van der Waals surface area contributed by atoms with E-state index in [9.17, 15) is 0 Å². The molecule has 1 aliphatic heterocycles. The van der Waals surface area contributed by atoms with E-state index in [2.05, 4.69) is 0 Å². The van der Waals surface area contributed by atoms with Gasteiger partial charge in [0.1, 0.15) is 0 Å². The molecule has 0 spiro atoms. The summed E-state index contributed by atoms with van der Waals surface area (Å²) >= 11 is 11.5. The minimum Gasteiger partial charge on any atom is -0.343 e. The fourth-order valence-electron chi connectivity index (χ4n) is 1.62. The van der Waals surface area contributed by atoms with Crippen LogP contribution in [-0.4, -0.2) is 18.6 Å². The van der Waals surface area contributed by atoms with Gasteiger partial charge in [-0.2, -0.15) is 0 Å². The molecule has 0 amide bonds. The van der Waals surface area contributed by atoms with Crippen molar-refractivity contribution < 1.29 is 9.47 Å². The lowest BCUT2D eigenvalue weighted by atomic mass is 10.1. The van der Waals surface area contributed by atoms with Gasteiger partial charge >= 0.3 is 0 Å². The van der Waals surface area contributed by atoms with E-state index in [-0.39, 0.29) is 6.10 Å². The van der Waals surface area contributed by atoms with E-state index in [0.717, 1.165) is 5.56 Å². The zero-order valence-electron chi connectivity index (χ0n) is 8.37. The van der Waals surface area contributed by atoms with Crippen LogP contribution in [0.4, 0.5) is 0 Å². The van der Waals surface area contributed by atoms with Crippen molar-refractivity contribution in [3.05, 3.63) is 34.9 Å². The van der Waals surface area contributed by atoms with Crippen LogP contribution in [0.25, 0.3) is 0 Å². The Kier molecular flexibility index (Phi) is 3.21. The third-order valence-electron chi connectivity index (χ3n) is 2.48. The van der Waals surface area contributed by atoms with Crippen molar-refractivity contribution in [3.63, 3.8) is 0 Å². The predicted molar refractivity (Wildman–Crippen MR) is 60.3 cm³/mol. The predicted octanol–water partition coefficient (Wildman–Crippen LogP) is 3.17. The Bertz CT molecular complexity index is 339. The Morgan fingerprint density at radius 2 is 2.07 bits per heavy atom. The molecule has 0 radical (unpaired) electrons. The quantitative estimate of drug-likeness (QED) is 0.747. The van der Waals surface area contributed by atoms with Gasteiger partial charge in [-0.3, -0.25) is 0 Å². The first kappa shape index (κ1) is 11.2. The highest BCUT2D eigenvalue weighted by Gasteiger charge is 2.38. The molecule has 0 unspecified atom stereocenters. The topological polar surface area (TPSA) is 18.5 Å². The van der Waals surface area contributed by atoms with Crippen molar-refractivity contribution in [2.24, 2.45) is 0 Å². The van der Waals surface area contributed by atoms with Gasteiger partial charge in [0.05, 0.1) is 18.6 Å². The zero-order valence-corrected chi connectivity index (χ0v) is 9.89. The van der Waals surface area contributed by atoms with Crippen LogP contribution in [0.15, 0.2) is 24.3 Å². The molecule has 0 N–H and O–H groups in total. The fraction of sp³-hybridized carbons (Fsp3) is 0.455. The largest absolute Gasteiger partial charge is 0.343 e. The first-order valence-corrected chi connectivity index (χ1v) is 5.69. The van der Waals surface area contributed by atoms with Crippen molar-refractivity contribution in [3.8, 4) is 0 Å². The Morgan fingerprint density at radius 1 is 1.40 bits per heavy atom. The molecular formula is C11H12Cl2O2. The van der Waals surface area contributed by atoms with Gasteiger partial charge in [-0.05, 0) is 19.1 Å². The van der Waals surface area contributed by atoms with Crippen molar-refractivity contribution in [1.82, 2.24) is 0 Å². The maximum Gasteiger partial charge on any atom is 0.192 e. The molecule has 82 valence electrons. The van der Waals surface area contributed by atoms with Crippen molar-refractivity contribution in [2.45, 2.75) is 18.8 Å². The van der Waals surface area contributed by atoms with Crippen LogP contribution in [0.2, 0.25) is 5.02 Å². The molecule has 0 saturated carbocycles. The van der Waals surface area contributed by atoms with Gasteiger partial charge in [0.2, 0.25) is 0 Å². The number of halogens is 2. The van der Waals surface area contributed by atoms with E-state index < -0.39 is 5.79 Å². The van der Waals surface area contributed by atoms with E-state index in [1.165, 1.54) is 0 Å². The summed E-state index contributed by atoms with van der Waals surface area (Å²) in [6.07, 6.45) is -0.0349.